The monoisotopic (exact) mass is 536 g/mol. The van der Waals surface area contributed by atoms with Crippen LogP contribution in [0.5, 0.6) is 17.2 Å². The van der Waals surface area contributed by atoms with Crippen LogP contribution in [0.25, 0.3) is 0 Å². The summed E-state index contributed by atoms with van der Waals surface area (Å²) < 4.78 is 18.6. The number of imidazole rings is 1. The summed E-state index contributed by atoms with van der Waals surface area (Å²) in [5, 5.41) is 0. The van der Waals surface area contributed by atoms with Gasteiger partial charge < -0.3 is 28.6 Å². The van der Waals surface area contributed by atoms with Crippen molar-refractivity contribution in [2.45, 2.75) is 30.2 Å². The van der Waals surface area contributed by atoms with E-state index in [0.717, 1.165) is 34.8 Å². The van der Waals surface area contributed by atoms with Crippen molar-refractivity contribution in [2.24, 2.45) is 0 Å². The lowest BCUT2D eigenvalue weighted by Gasteiger charge is -2.34. The topological polar surface area (TPSA) is 86.1 Å². The van der Waals surface area contributed by atoms with Crippen molar-refractivity contribution in [2.75, 3.05) is 51.6 Å². The molecule has 3 heterocycles. The lowest BCUT2D eigenvalue weighted by molar-refractivity contribution is -0.132. The number of benzene rings is 2. The zero-order valence-electron chi connectivity index (χ0n) is 21.9. The van der Waals surface area contributed by atoms with E-state index in [1.165, 1.54) is 11.8 Å². The van der Waals surface area contributed by atoms with Gasteiger partial charge in [0, 0.05) is 42.8 Å². The molecule has 10 heteroatoms. The smallest absolute Gasteiger partial charge is 0.242 e. The second-order valence-corrected chi connectivity index (χ2v) is 10.4. The zero-order valence-corrected chi connectivity index (χ0v) is 22.7. The molecule has 0 aliphatic carbocycles. The van der Waals surface area contributed by atoms with Crippen LogP contribution in [-0.4, -0.2) is 73.0 Å². The highest BCUT2D eigenvalue weighted by atomic mass is 32.2. The maximum Gasteiger partial charge on any atom is 0.242 e. The average Bonchev–Trinajstić information content (AvgIpc) is 3.42. The molecule has 2 aliphatic rings. The number of carbonyl (C=O) groups is 2. The van der Waals surface area contributed by atoms with Gasteiger partial charge in [-0.1, -0.05) is 12.1 Å². The van der Waals surface area contributed by atoms with Gasteiger partial charge in [0.2, 0.25) is 17.6 Å². The Hall–Kier alpha value is -3.66. The first-order valence-electron chi connectivity index (χ1n) is 12.6. The van der Waals surface area contributed by atoms with Gasteiger partial charge in [-0.15, -0.1) is 11.8 Å². The standard InChI is InChI=1S/C28H32N4O5S/c1-35-22-14-19(15-23(36-2)27(22)37-3)16-31-13-10-29-28(31)20-8-11-30(12-9-20)25(33)17-32-21-6-4-5-7-24(21)38-18-26(32)34/h4-7,10,13-15,20H,8-9,11-12,16-18H2,1-3H3. The van der Waals surface area contributed by atoms with Crippen molar-refractivity contribution in [1.29, 1.82) is 0 Å². The van der Waals surface area contributed by atoms with Crippen molar-refractivity contribution >= 4 is 29.3 Å². The Balaban J connectivity index is 1.23. The number of likely N-dealkylation sites (tertiary alicyclic amines) is 1. The van der Waals surface area contributed by atoms with Crippen LogP contribution in [-0.2, 0) is 16.1 Å². The summed E-state index contributed by atoms with van der Waals surface area (Å²) in [5.74, 6) is 3.36. The minimum absolute atomic E-state index is 0.0146. The Morgan fingerprint density at radius 3 is 2.45 bits per heavy atom. The highest BCUT2D eigenvalue weighted by Gasteiger charge is 2.31. The number of fused-ring (bicyclic) bond motifs is 1. The second kappa shape index (κ2) is 11.4. The van der Waals surface area contributed by atoms with E-state index in [1.807, 2.05) is 53.7 Å². The van der Waals surface area contributed by atoms with E-state index >= 15 is 0 Å². The molecule has 1 aromatic heterocycles. The second-order valence-electron chi connectivity index (χ2n) is 9.34. The summed E-state index contributed by atoms with van der Waals surface area (Å²) in [6, 6.07) is 11.7. The van der Waals surface area contributed by atoms with Gasteiger partial charge in [0.15, 0.2) is 11.5 Å². The van der Waals surface area contributed by atoms with Gasteiger partial charge in [-0.3, -0.25) is 9.59 Å². The number of hydrogen-bond acceptors (Lipinski definition) is 7. The molecule has 0 radical (unpaired) electrons. The normalized spacial score (nSPS) is 15.8. The molecule has 0 unspecified atom stereocenters. The van der Waals surface area contributed by atoms with E-state index in [0.29, 0.717) is 42.6 Å². The number of ether oxygens (including phenoxy) is 3. The molecule has 0 atom stereocenters. The van der Waals surface area contributed by atoms with Crippen molar-refractivity contribution < 1.29 is 23.8 Å². The van der Waals surface area contributed by atoms with Crippen LogP contribution in [0.4, 0.5) is 5.69 Å². The molecule has 9 nitrogen and oxygen atoms in total. The lowest BCUT2D eigenvalue weighted by Crippen LogP contribution is -2.47. The molecule has 0 N–H and O–H groups in total. The summed E-state index contributed by atoms with van der Waals surface area (Å²) in [4.78, 5) is 35.0. The van der Waals surface area contributed by atoms with Gasteiger partial charge in [0.25, 0.3) is 0 Å². The number of para-hydroxylation sites is 1. The van der Waals surface area contributed by atoms with Gasteiger partial charge >= 0.3 is 0 Å². The Morgan fingerprint density at radius 2 is 1.76 bits per heavy atom. The van der Waals surface area contributed by atoms with Gasteiger partial charge in [-0.05, 0) is 42.7 Å². The van der Waals surface area contributed by atoms with E-state index in [-0.39, 0.29) is 24.3 Å². The first-order valence-corrected chi connectivity index (χ1v) is 13.6. The van der Waals surface area contributed by atoms with Gasteiger partial charge in [0.05, 0.1) is 32.8 Å². The number of rotatable bonds is 8. The number of anilines is 1. The minimum Gasteiger partial charge on any atom is -0.493 e. The quantitative estimate of drug-likeness (QED) is 0.433. The van der Waals surface area contributed by atoms with Crippen LogP contribution < -0.4 is 19.1 Å². The van der Waals surface area contributed by atoms with E-state index in [1.54, 1.807) is 26.2 Å². The first kappa shape index (κ1) is 26.0. The van der Waals surface area contributed by atoms with E-state index < -0.39 is 0 Å². The number of piperidine rings is 1. The van der Waals surface area contributed by atoms with Crippen LogP contribution in [0.3, 0.4) is 0 Å². The number of methoxy groups -OCH3 is 3. The molecule has 0 spiro atoms. The molecule has 1 fully saturated rings. The fraction of sp³-hybridized carbons (Fsp3) is 0.393. The molecule has 5 rings (SSSR count). The maximum absolute atomic E-state index is 13.2. The molecule has 200 valence electrons. The molecule has 2 aliphatic heterocycles. The Labute approximate surface area is 226 Å². The third-order valence-corrected chi connectivity index (χ3v) is 8.19. The number of carbonyl (C=O) groups excluding carboxylic acids is 2. The van der Waals surface area contributed by atoms with Crippen molar-refractivity contribution in [3.63, 3.8) is 0 Å². The molecule has 3 aromatic rings. The predicted molar refractivity (Wildman–Crippen MR) is 146 cm³/mol. The minimum atomic E-state index is -0.0224. The molecule has 1 saturated heterocycles. The third-order valence-electron chi connectivity index (χ3n) is 7.14. The summed E-state index contributed by atoms with van der Waals surface area (Å²) in [6.45, 7) is 1.97. The first-order chi connectivity index (χ1) is 18.5. The van der Waals surface area contributed by atoms with Crippen LogP contribution in [0.15, 0.2) is 53.7 Å². The molecular formula is C28H32N4O5S. The highest BCUT2D eigenvalue weighted by Crippen LogP contribution is 2.39. The zero-order chi connectivity index (χ0) is 26.6. The Bertz CT molecular complexity index is 1290. The summed E-state index contributed by atoms with van der Waals surface area (Å²) in [6.07, 6.45) is 5.44. The molecule has 2 amide bonds. The lowest BCUT2D eigenvalue weighted by atomic mass is 9.95. The molecule has 38 heavy (non-hydrogen) atoms. The van der Waals surface area contributed by atoms with Crippen LogP contribution in [0.1, 0.15) is 30.1 Å². The fourth-order valence-electron chi connectivity index (χ4n) is 5.19. The fourth-order valence-corrected chi connectivity index (χ4v) is 6.12. The van der Waals surface area contributed by atoms with Crippen molar-refractivity contribution in [3.05, 3.63) is 60.2 Å². The van der Waals surface area contributed by atoms with Gasteiger partial charge in [0.1, 0.15) is 12.4 Å². The van der Waals surface area contributed by atoms with Crippen LogP contribution in [0, 0.1) is 0 Å². The SMILES string of the molecule is COc1cc(Cn2ccnc2C2CCN(C(=O)CN3C(=O)CSc4ccccc43)CC2)cc(OC)c1OC. The average molecular weight is 537 g/mol. The summed E-state index contributed by atoms with van der Waals surface area (Å²) in [7, 11) is 4.81. The van der Waals surface area contributed by atoms with E-state index in [4.69, 9.17) is 14.2 Å². The predicted octanol–water partition coefficient (Wildman–Crippen LogP) is 3.80. The third kappa shape index (κ3) is 5.18. The molecule has 0 bridgehead atoms. The number of aromatic nitrogens is 2. The van der Waals surface area contributed by atoms with Crippen molar-refractivity contribution in [1.82, 2.24) is 14.5 Å². The Kier molecular flexibility index (Phi) is 7.78. The van der Waals surface area contributed by atoms with Crippen molar-refractivity contribution in [3.8, 4) is 17.2 Å². The van der Waals surface area contributed by atoms with Crippen LogP contribution in [0.2, 0.25) is 0 Å². The van der Waals surface area contributed by atoms with E-state index in [2.05, 4.69) is 9.55 Å². The highest BCUT2D eigenvalue weighted by molar-refractivity contribution is 8.00. The van der Waals surface area contributed by atoms with Crippen LogP contribution >= 0.6 is 11.8 Å². The Morgan fingerprint density at radius 1 is 1.05 bits per heavy atom. The number of hydrogen-bond donors (Lipinski definition) is 0. The summed E-state index contributed by atoms with van der Waals surface area (Å²) in [5.41, 5.74) is 1.84. The molecule has 0 saturated carbocycles. The maximum atomic E-state index is 13.2. The molecule has 2 aromatic carbocycles. The largest absolute Gasteiger partial charge is 0.493 e. The number of nitrogens with zero attached hydrogens (tertiary/aromatic N) is 4. The number of amides is 2. The summed E-state index contributed by atoms with van der Waals surface area (Å²) >= 11 is 1.52. The van der Waals surface area contributed by atoms with Gasteiger partial charge in [-0.25, -0.2) is 4.98 Å². The van der Waals surface area contributed by atoms with E-state index in [9.17, 15) is 9.59 Å². The number of thioether (sulfide) groups is 1. The van der Waals surface area contributed by atoms with Gasteiger partial charge in [-0.2, -0.15) is 0 Å². The molecular weight excluding hydrogens is 504 g/mol.